The largest absolute Gasteiger partial charge is 0.497 e. The number of benzene rings is 3. The van der Waals surface area contributed by atoms with Crippen LogP contribution >= 0.6 is 0 Å². The summed E-state index contributed by atoms with van der Waals surface area (Å²) in [5, 5.41) is 11.3. The average Bonchev–Trinajstić information content (AvgIpc) is 2.92. The molecule has 0 saturated carbocycles. The number of piperazine rings is 1. The topological polar surface area (TPSA) is 113 Å². The normalized spacial score (nSPS) is 13.8. The van der Waals surface area contributed by atoms with Gasteiger partial charge in [0.15, 0.2) is 0 Å². The number of carbonyl (C=O) groups is 1. The maximum absolute atomic E-state index is 13.5. The van der Waals surface area contributed by atoms with Gasteiger partial charge in [-0.1, -0.05) is 24.3 Å². The highest BCUT2D eigenvalue weighted by molar-refractivity contribution is 7.92. The Morgan fingerprint density at radius 2 is 1.64 bits per heavy atom. The predicted molar refractivity (Wildman–Crippen MR) is 136 cm³/mol. The first kappa shape index (κ1) is 25.0. The van der Waals surface area contributed by atoms with Crippen molar-refractivity contribution in [2.24, 2.45) is 0 Å². The van der Waals surface area contributed by atoms with Crippen molar-refractivity contribution in [2.45, 2.75) is 4.90 Å². The van der Waals surface area contributed by atoms with E-state index in [0.29, 0.717) is 26.2 Å². The molecule has 0 unspecified atom stereocenters. The molecule has 1 amide bonds. The summed E-state index contributed by atoms with van der Waals surface area (Å²) in [5.74, 6) is 0.379. The zero-order chi connectivity index (χ0) is 25.7. The Morgan fingerprint density at radius 3 is 2.25 bits per heavy atom. The Kier molecular flexibility index (Phi) is 7.39. The monoisotopic (exact) mass is 510 g/mol. The number of nitro groups is 1. The lowest BCUT2D eigenvalue weighted by atomic mass is 10.2. The highest BCUT2D eigenvalue weighted by Gasteiger charge is 2.31. The van der Waals surface area contributed by atoms with Crippen LogP contribution in [0.15, 0.2) is 83.8 Å². The van der Waals surface area contributed by atoms with Gasteiger partial charge < -0.3 is 14.5 Å². The van der Waals surface area contributed by atoms with E-state index in [0.717, 1.165) is 21.8 Å². The number of carbonyl (C=O) groups excluding carboxylic acids is 1. The Balaban J connectivity index is 1.54. The maximum atomic E-state index is 13.5. The second kappa shape index (κ2) is 10.6. The molecule has 0 radical (unpaired) electrons. The van der Waals surface area contributed by atoms with E-state index in [1.54, 1.807) is 30.2 Å². The van der Waals surface area contributed by atoms with Crippen LogP contribution < -0.4 is 13.9 Å². The molecule has 4 rings (SSSR count). The molecule has 3 aromatic rings. The first-order valence-electron chi connectivity index (χ1n) is 11.3. The van der Waals surface area contributed by atoms with Crippen LogP contribution in [-0.2, 0) is 14.8 Å². The van der Waals surface area contributed by atoms with E-state index >= 15 is 0 Å². The van der Waals surface area contributed by atoms with Crippen molar-refractivity contribution in [1.82, 2.24) is 4.90 Å². The molecule has 0 aliphatic carbocycles. The van der Waals surface area contributed by atoms with E-state index in [1.165, 1.54) is 30.3 Å². The third-order valence-electron chi connectivity index (χ3n) is 6.01. The number of amides is 1. The molecule has 11 heteroatoms. The standard InChI is InChI=1S/C25H26N4O6S/c1-35-23-12-10-20(11-13-23)26-14-16-27(17-15-26)25(30)19-28(21-6-5-7-22(18-21)29(31)32)36(33,34)24-8-3-2-4-9-24/h2-13,18H,14-17,19H2,1H3. The average molecular weight is 511 g/mol. The molecule has 188 valence electrons. The molecule has 1 aliphatic heterocycles. The lowest BCUT2D eigenvalue weighted by Gasteiger charge is -2.37. The number of rotatable bonds is 8. The van der Waals surface area contributed by atoms with Crippen molar-refractivity contribution in [3.63, 3.8) is 0 Å². The molecule has 0 spiro atoms. The van der Waals surface area contributed by atoms with E-state index in [4.69, 9.17) is 4.74 Å². The number of ether oxygens (including phenoxy) is 1. The number of anilines is 2. The van der Waals surface area contributed by atoms with Crippen LogP contribution in [0.1, 0.15) is 0 Å². The summed E-state index contributed by atoms with van der Waals surface area (Å²) < 4.78 is 33.1. The zero-order valence-electron chi connectivity index (χ0n) is 19.7. The van der Waals surface area contributed by atoms with E-state index in [1.807, 2.05) is 24.3 Å². The van der Waals surface area contributed by atoms with Crippen molar-refractivity contribution < 1.29 is 22.9 Å². The third kappa shape index (κ3) is 5.41. The molecular formula is C25H26N4O6S. The summed E-state index contributed by atoms with van der Waals surface area (Å²) in [6, 6.07) is 20.6. The van der Waals surface area contributed by atoms with Gasteiger partial charge in [-0.05, 0) is 42.5 Å². The molecule has 0 bridgehead atoms. The summed E-state index contributed by atoms with van der Waals surface area (Å²) >= 11 is 0. The van der Waals surface area contributed by atoms with E-state index in [2.05, 4.69) is 4.90 Å². The summed E-state index contributed by atoms with van der Waals surface area (Å²) in [5.41, 5.74) is 0.798. The first-order valence-corrected chi connectivity index (χ1v) is 12.7. The second-order valence-electron chi connectivity index (χ2n) is 8.17. The number of methoxy groups -OCH3 is 1. The van der Waals surface area contributed by atoms with Gasteiger partial charge in [-0.3, -0.25) is 19.2 Å². The Labute approximate surface area is 209 Å². The third-order valence-corrected chi connectivity index (χ3v) is 7.80. The van der Waals surface area contributed by atoms with Gasteiger partial charge in [-0.25, -0.2) is 8.42 Å². The maximum Gasteiger partial charge on any atom is 0.271 e. The van der Waals surface area contributed by atoms with Crippen LogP contribution in [0, 0.1) is 10.1 Å². The van der Waals surface area contributed by atoms with Gasteiger partial charge in [-0.15, -0.1) is 0 Å². The molecule has 1 aliphatic rings. The molecule has 10 nitrogen and oxygen atoms in total. The van der Waals surface area contributed by atoms with Crippen LogP contribution in [0.3, 0.4) is 0 Å². The Bertz CT molecular complexity index is 1320. The minimum absolute atomic E-state index is 0.00590. The van der Waals surface area contributed by atoms with Gasteiger partial charge >= 0.3 is 0 Å². The first-order chi connectivity index (χ1) is 17.3. The Hall–Kier alpha value is -4.12. The smallest absolute Gasteiger partial charge is 0.271 e. The minimum Gasteiger partial charge on any atom is -0.497 e. The van der Waals surface area contributed by atoms with E-state index in [9.17, 15) is 23.3 Å². The zero-order valence-corrected chi connectivity index (χ0v) is 20.5. The van der Waals surface area contributed by atoms with Crippen LogP contribution in [0.2, 0.25) is 0 Å². The fraction of sp³-hybridized carbons (Fsp3) is 0.240. The van der Waals surface area contributed by atoms with Gasteiger partial charge in [0.2, 0.25) is 5.91 Å². The van der Waals surface area contributed by atoms with Crippen LogP contribution in [0.5, 0.6) is 5.75 Å². The molecule has 1 heterocycles. The summed E-state index contributed by atoms with van der Waals surface area (Å²) in [6.45, 7) is 1.53. The fourth-order valence-corrected chi connectivity index (χ4v) is 5.45. The number of nitrogens with zero attached hydrogens (tertiary/aromatic N) is 4. The number of non-ortho nitro benzene ring substituents is 1. The SMILES string of the molecule is COc1ccc(N2CCN(C(=O)CN(c3cccc([N+](=O)[O-])c3)S(=O)(=O)c3ccccc3)CC2)cc1. The fourth-order valence-electron chi connectivity index (χ4n) is 4.03. The molecule has 0 N–H and O–H groups in total. The van der Waals surface area contributed by atoms with Gasteiger partial charge in [0.25, 0.3) is 15.7 Å². The highest BCUT2D eigenvalue weighted by atomic mass is 32.2. The lowest BCUT2D eigenvalue weighted by Crippen LogP contribution is -2.52. The van der Waals surface area contributed by atoms with Crippen molar-refractivity contribution in [2.75, 3.05) is 49.0 Å². The van der Waals surface area contributed by atoms with Crippen molar-refractivity contribution in [3.05, 3.63) is 89.0 Å². The number of hydrogen-bond acceptors (Lipinski definition) is 7. The summed E-state index contributed by atoms with van der Waals surface area (Å²) in [4.78, 5) is 27.7. The van der Waals surface area contributed by atoms with Crippen molar-refractivity contribution >= 4 is 33.0 Å². The molecule has 36 heavy (non-hydrogen) atoms. The molecule has 3 aromatic carbocycles. The number of sulfonamides is 1. The molecular weight excluding hydrogens is 484 g/mol. The molecule has 1 saturated heterocycles. The summed E-state index contributed by atoms with van der Waals surface area (Å²) in [7, 11) is -2.54. The number of nitro benzene ring substituents is 1. The summed E-state index contributed by atoms with van der Waals surface area (Å²) in [6.07, 6.45) is 0. The van der Waals surface area contributed by atoms with Crippen molar-refractivity contribution in [3.8, 4) is 5.75 Å². The van der Waals surface area contributed by atoms with Crippen LogP contribution in [-0.4, -0.2) is 64.0 Å². The second-order valence-corrected chi connectivity index (χ2v) is 10.0. The van der Waals surface area contributed by atoms with Gasteiger partial charge in [-0.2, -0.15) is 0 Å². The van der Waals surface area contributed by atoms with Crippen LogP contribution in [0.25, 0.3) is 0 Å². The van der Waals surface area contributed by atoms with Crippen LogP contribution in [0.4, 0.5) is 17.1 Å². The molecule has 1 fully saturated rings. The van der Waals surface area contributed by atoms with Gasteiger partial charge in [0.1, 0.15) is 12.3 Å². The van der Waals surface area contributed by atoms with E-state index in [-0.39, 0.29) is 22.2 Å². The quantitative estimate of drug-likeness (QED) is 0.338. The molecule has 0 aromatic heterocycles. The van der Waals surface area contributed by atoms with Gasteiger partial charge in [0.05, 0.1) is 22.6 Å². The van der Waals surface area contributed by atoms with Crippen molar-refractivity contribution in [1.29, 1.82) is 0 Å². The van der Waals surface area contributed by atoms with E-state index < -0.39 is 21.5 Å². The lowest BCUT2D eigenvalue weighted by molar-refractivity contribution is -0.384. The highest BCUT2D eigenvalue weighted by Crippen LogP contribution is 2.27. The predicted octanol–water partition coefficient (Wildman–Crippen LogP) is 3.15. The Morgan fingerprint density at radius 1 is 0.972 bits per heavy atom. The molecule has 0 atom stereocenters. The van der Waals surface area contributed by atoms with Gasteiger partial charge in [0, 0.05) is 44.0 Å². The number of hydrogen-bond donors (Lipinski definition) is 0. The minimum atomic E-state index is -4.15.